The second-order valence-corrected chi connectivity index (χ2v) is 11.7. The van der Waals surface area contributed by atoms with Crippen LogP contribution in [0, 0.1) is 20.8 Å². The topological polar surface area (TPSA) is 86.8 Å². The average molecular weight is 573 g/mol. The number of ether oxygens (including phenoxy) is 1. The molecule has 0 radical (unpaired) electrons. The van der Waals surface area contributed by atoms with Crippen LogP contribution in [0.2, 0.25) is 0 Å². The Kier molecular flexibility index (Phi) is 7.04. The highest BCUT2D eigenvalue weighted by atomic mass is 16.5. The van der Waals surface area contributed by atoms with Gasteiger partial charge in [-0.3, -0.25) is 0 Å². The van der Waals surface area contributed by atoms with E-state index in [0.29, 0.717) is 5.75 Å². The van der Waals surface area contributed by atoms with Gasteiger partial charge in [-0.15, -0.1) is 0 Å². The first-order valence-corrected chi connectivity index (χ1v) is 15.1. The highest BCUT2D eigenvalue weighted by Crippen LogP contribution is 2.42. The number of methoxy groups -OCH3 is 1. The van der Waals surface area contributed by atoms with E-state index in [9.17, 15) is 5.11 Å². The molecular formula is C37H40N4O2. The van der Waals surface area contributed by atoms with Crippen LogP contribution >= 0.6 is 0 Å². The first-order chi connectivity index (χ1) is 20.6. The first-order valence-electron chi connectivity index (χ1n) is 15.1. The van der Waals surface area contributed by atoms with Crippen LogP contribution in [-0.2, 0) is 6.42 Å². The van der Waals surface area contributed by atoms with Crippen LogP contribution in [-0.4, -0.2) is 32.2 Å². The second-order valence-electron chi connectivity index (χ2n) is 11.7. The number of aromatic nitrogens is 4. The van der Waals surface area contributed by atoms with Crippen molar-refractivity contribution in [2.24, 2.45) is 0 Å². The maximum absolute atomic E-state index is 10.4. The summed E-state index contributed by atoms with van der Waals surface area (Å²) in [6, 6.07) is 12.1. The highest BCUT2D eigenvalue weighted by molar-refractivity contribution is 6.01. The molecule has 2 aliphatic heterocycles. The van der Waals surface area contributed by atoms with Gasteiger partial charge in [-0.05, 0) is 135 Å². The third-order valence-corrected chi connectivity index (χ3v) is 9.48. The van der Waals surface area contributed by atoms with Gasteiger partial charge in [0.05, 0.1) is 35.4 Å². The van der Waals surface area contributed by atoms with Crippen molar-refractivity contribution in [3.05, 3.63) is 81.4 Å². The maximum atomic E-state index is 10.4. The molecule has 0 saturated carbocycles. The number of rotatable bonds is 4. The van der Waals surface area contributed by atoms with Gasteiger partial charge in [0.2, 0.25) is 0 Å². The summed E-state index contributed by atoms with van der Waals surface area (Å²) in [5, 5.41) is 10.4. The Morgan fingerprint density at radius 3 is 2.12 bits per heavy atom. The number of hydrogen-bond donors (Lipinski definition) is 3. The van der Waals surface area contributed by atoms with Crippen molar-refractivity contribution >= 4 is 44.4 Å². The SMILES string of the molecule is CCC1=C(C)c2cc3nc(c(-c4ccc(O)c(OC)c4)c4[nH]c(cc5[nH]c(cc1n2)c(CC)c5C)c(C)c4C)C(C)=C3C. The number of nitrogens with one attached hydrogen (secondary N) is 2. The van der Waals surface area contributed by atoms with Gasteiger partial charge in [0.15, 0.2) is 11.5 Å². The summed E-state index contributed by atoms with van der Waals surface area (Å²) in [5.74, 6) is 0.527. The molecule has 0 unspecified atom stereocenters. The summed E-state index contributed by atoms with van der Waals surface area (Å²) in [6.07, 6.45) is 1.83. The van der Waals surface area contributed by atoms with Gasteiger partial charge in [-0.1, -0.05) is 19.9 Å². The second kappa shape index (κ2) is 10.6. The van der Waals surface area contributed by atoms with E-state index in [1.165, 1.54) is 27.8 Å². The van der Waals surface area contributed by atoms with E-state index in [1.54, 1.807) is 13.2 Å². The molecular weight excluding hydrogens is 532 g/mol. The lowest BCUT2D eigenvalue weighted by Crippen LogP contribution is -1.91. The lowest BCUT2D eigenvalue weighted by Gasteiger charge is -2.10. The molecule has 6 heteroatoms. The van der Waals surface area contributed by atoms with Gasteiger partial charge in [0.1, 0.15) is 0 Å². The lowest BCUT2D eigenvalue weighted by atomic mass is 9.96. The molecule has 0 fully saturated rings. The number of fused-ring (bicyclic) bond motifs is 8. The van der Waals surface area contributed by atoms with Gasteiger partial charge in [0, 0.05) is 22.1 Å². The molecule has 220 valence electrons. The predicted molar refractivity (Wildman–Crippen MR) is 179 cm³/mol. The van der Waals surface area contributed by atoms with E-state index in [-0.39, 0.29) is 5.75 Å². The normalized spacial score (nSPS) is 13.3. The van der Waals surface area contributed by atoms with Gasteiger partial charge >= 0.3 is 0 Å². The van der Waals surface area contributed by atoms with Gasteiger partial charge in [-0.2, -0.15) is 0 Å². The fraction of sp³-hybridized carbons (Fsp3) is 0.297. The highest BCUT2D eigenvalue weighted by Gasteiger charge is 2.23. The zero-order valence-corrected chi connectivity index (χ0v) is 26.6. The number of H-pyrrole nitrogens is 2. The van der Waals surface area contributed by atoms with Crippen LogP contribution in [0.1, 0.15) is 86.1 Å². The van der Waals surface area contributed by atoms with Crippen molar-refractivity contribution in [3.63, 3.8) is 0 Å². The van der Waals surface area contributed by atoms with Crippen LogP contribution in [0.3, 0.4) is 0 Å². The number of allylic oxidation sites excluding steroid dienone is 4. The van der Waals surface area contributed by atoms with Crippen molar-refractivity contribution < 1.29 is 9.84 Å². The third-order valence-electron chi connectivity index (χ3n) is 9.48. The largest absolute Gasteiger partial charge is 0.504 e. The van der Waals surface area contributed by atoms with E-state index in [0.717, 1.165) is 85.5 Å². The Hall–Kier alpha value is -4.58. The zero-order valence-electron chi connectivity index (χ0n) is 26.6. The summed E-state index contributed by atoms with van der Waals surface area (Å²) < 4.78 is 5.53. The minimum atomic E-state index is 0.104. The van der Waals surface area contributed by atoms with Crippen molar-refractivity contribution in [1.29, 1.82) is 0 Å². The van der Waals surface area contributed by atoms with Gasteiger partial charge in [-0.25, -0.2) is 9.97 Å². The van der Waals surface area contributed by atoms with Crippen molar-refractivity contribution in [2.75, 3.05) is 7.11 Å². The molecule has 6 nitrogen and oxygen atoms in total. The molecule has 8 bridgehead atoms. The van der Waals surface area contributed by atoms with Crippen LogP contribution in [0.4, 0.5) is 0 Å². The molecule has 43 heavy (non-hydrogen) atoms. The number of aryl methyl sites for hydroxylation is 4. The Morgan fingerprint density at radius 1 is 0.698 bits per heavy atom. The van der Waals surface area contributed by atoms with E-state index in [1.807, 2.05) is 12.1 Å². The molecule has 5 heterocycles. The van der Waals surface area contributed by atoms with E-state index >= 15 is 0 Å². The molecule has 0 atom stereocenters. The summed E-state index contributed by atoms with van der Waals surface area (Å²) >= 11 is 0. The summed E-state index contributed by atoms with van der Waals surface area (Å²) in [7, 11) is 1.58. The number of aromatic amines is 2. The van der Waals surface area contributed by atoms with Crippen LogP contribution in [0.25, 0.3) is 55.5 Å². The smallest absolute Gasteiger partial charge is 0.161 e. The zero-order chi connectivity index (χ0) is 30.7. The molecule has 4 aromatic rings. The minimum Gasteiger partial charge on any atom is -0.504 e. The quantitative estimate of drug-likeness (QED) is 0.227. The molecule has 2 aliphatic rings. The summed E-state index contributed by atoms with van der Waals surface area (Å²) in [6.45, 7) is 17.4. The van der Waals surface area contributed by atoms with Crippen LogP contribution < -0.4 is 4.74 Å². The van der Waals surface area contributed by atoms with Crippen molar-refractivity contribution in [1.82, 2.24) is 19.9 Å². The lowest BCUT2D eigenvalue weighted by molar-refractivity contribution is 0.373. The monoisotopic (exact) mass is 572 g/mol. The number of hydrogen-bond acceptors (Lipinski definition) is 4. The van der Waals surface area contributed by atoms with E-state index < -0.39 is 0 Å². The Balaban J connectivity index is 1.86. The third kappa shape index (κ3) is 4.48. The summed E-state index contributed by atoms with van der Waals surface area (Å²) in [5.41, 5.74) is 19.5. The molecule has 0 spiro atoms. The molecule has 3 N–H and O–H groups in total. The number of phenols is 1. The predicted octanol–water partition coefficient (Wildman–Crippen LogP) is 9.47. The Morgan fingerprint density at radius 2 is 1.42 bits per heavy atom. The number of nitrogens with zero attached hydrogens (tertiary/aromatic N) is 2. The van der Waals surface area contributed by atoms with Crippen molar-refractivity contribution in [3.8, 4) is 22.6 Å². The van der Waals surface area contributed by atoms with Gasteiger partial charge in [0.25, 0.3) is 0 Å². The number of benzene rings is 1. The number of aromatic hydroxyl groups is 1. The molecule has 0 amide bonds. The molecule has 6 rings (SSSR count). The minimum absolute atomic E-state index is 0.104. The Labute approximate surface area is 253 Å². The fourth-order valence-electron chi connectivity index (χ4n) is 6.53. The standard InChI is InChI=1S/C37H40N4O2/c1-10-25-22(7)29-15-27-18(3)20(5)36(40-27)35(24-12-13-33(42)34(14-24)43-9)37-21(6)19(4)28(41-37)16-30-23(8)26(11-2)32(39-30)17-31(25)38-29/h12-17,38,40,42H,10-11H2,1-9H3. The molecule has 3 aromatic heterocycles. The molecule has 1 aromatic carbocycles. The van der Waals surface area contributed by atoms with E-state index in [2.05, 4.69) is 83.6 Å². The van der Waals surface area contributed by atoms with E-state index in [4.69, 9.17) is 14.7 Å². The number of phenolic OH excluding ortho intramolecular Hbond substituents is 1. The molecule has 0 saturated heterocycles. The maximum Gasteiger partial charge on any atom is 0.161 e. The first kappa shape index (κ1) is 28.5. The van der Waals surface area contributed by atoms with Crippen LogP contribution in [0.5, 0.6) is 11.5 Å². The van der Waals surface area contributed by atoms with Gasteiger partial charge < -0.3 is 19.8 Å². The molecule has 0 aliphatic carbocycles. The fourth-order valence-corrected chi connectivity index (χ4v) is 6.53. The van der Waals surface area contributed by atoms with Crippen molar-refractivity contribution in [2.45, 2.75) is 68.2 Å². The Bertz CT molecular complexity index is 2050. The summed E-state index contributed by atoms with van der Waals surface area (Å²) in [4.78, 5) is 18.0. The van der Waals surface area contributed by atoms with Crippen LogP contribution in [0.15, 0.2) is 36.4 Å². The average Bonchev–Trinajstić information content (AvgIpc) is 3.64.